The maximum atomic E-state index is 13.3. The molecule has 0 spiro atoms. The van der Waals surface area contributed by atoms with Gasteiger partial charge >= 0.3 is 0 Å². The Balaban J connectivity index is 2.11. The third kappa shape index (κ3) is 4.52. The van der Waals surface area contributed by atoms with Gasteiger partial charge in [0.2, 0.25) is 0 Å². The van der Waals surface area contributed by atoms with Crippen LogP contribution in [-0.2, 0) is 5.75 Å². The fraction of sp³-hybridized carbons (Fsp3) is 0.176. The molecule has 0 aliphatic rings. The number of nitrogens with two attached hydrogens (primary N) is 1. The van der Waals surface area contributed by atoms with E-state index in [-0.39, 0.29) is 12.4 Å². The summed E-state index contributed by atoms with van der Waals surface area (Å²) >= 11 is 1.67. The van der Waals surface area contributed by atoms with Gasteiger partial charge in [0.25, 0.3) is 0 Å². The fourth-order valence-electron chi connectivity index (χ4n) is 1.77. The number of halogens is 1. The van der Waals surface area contributed by atoms with Gasteiger partial charge in [-0.1, -0.05) is 17.9 Å². The number of methoxy groups -OCH3 is 1. The van der Waals surface area contributed by atoms with Gasteiger partial charge in [0.1, 0.15) is 11.6 Å². The van der Waals surface area contributed by atoms with Crippen LogP contribution in [0, 0.1) is 17.7 Å². The van der Waals surface area contributed by atoms with Crippen LogP contribution in [0.2, 0.25) is 0 Å². The average Bonchev–Trinajstić information content (AvgIpc) is 2.52. The molecule has 0 amide bonds. The lowest BCUT2D eigenvalue weighted by Crippen LogP contribution is -1.95. The second-order valence-corrected chi connectivity index (χ2v) is 5.32. The van der Waals surface area contributed by atoms with Crippen molar-refractivity contribution in [3.05, 3.63) is 59.4 Å². The highest BCUT2D eigenvalue weighted by Gasteiger charge is 2.04. The second-order valence-electron chi connectivity index (χ2n) is 4.27. The van der Waals surface area contributed by atoms with E-state index in [4.69, 9.17) is 10.5 Å². The van der Waals surface area contributed by atoms with E-state index in [0.717, 1.165) is 22.0 Å². The third-order valence-electron chi connectivity index (χ3n) is 2.85. The van der Waals surface area contributed by atoms with Crippen molar-refractivity contribution in [3.63, 3.8) is 0 Å². The van der Waals surface area contributed by atoms with Gasteiger partial charge in [-0.05, 0) is 42.0 Å². The number of hydrogen-bond donors (Lipinski definition) is 1. The number of rotatable bonds is 4. The smallest absolute Gasteiger partial charge is 0.124 e. The summed E-state index contributed by atoms with van der Waals surface area (Å²) in [5, 5.41) is 0. The zero-order valence-electron chi connectivity index (χ0n) is 11.7. The van der Waals surface area contributed by atoms with Crippen molar-refractivity contribution in [2.75, 3.05) is 13.7 Å². The molecule has 0 heterocycles. The lowest BCUT2D eigenvalue weighted by Gasteiger charge is -2.06. The van der Waals surface area contributed by atoms with Crippen LogP contribution in [0.15, 0.2) is 47.4 Å². The lowest BCUT2D eigenvalue weighted by molar-refractivity contribution is 0.414. The molecule has 21 heavy (non-hydrogen) atoms. The zero-order chi connectivity index (χ0) is 15.1. The van der Waals surface area contributed by atoms with Crippen molar-refractivity contribution in [2.24, 2.45) is 5.73 Å². The Labute approximate surface area is 128 Å². The van der Waals surface area contributed by atoms with E-state index in [0.29, 0.717) is 5.56 Å². The van der Waals surface area contributed by atoms with Crippen molar-refractivity contribution in [1.29, 1.82) is 0 Å². The average molecular weight is 301 g/mol. The molecule has 2 N–H and O–H groups in total. The summed E-state index contributed by atoms with van der Waals surface area (Å²) < 4.78 is 18.4. The molecule has 2 aromatic rings. The van der Waals surface area contributed by atoms with Crippen LogP contribution in [0.3, 0.4) is 0 Å². The summed E-state index contributed by atoms with van der Waals surface area (Å²) in [7, 11) is 1.64. The minimum Gasteiger partial charge on any atom is -0.497 e. The maximum Gasteiger partial charge on any atom is 0.124 e. The Morgan fingerprint density at radius 2 is 1.95 bits per heavy atom. The third-order valence-corrected chi connectivity index (χ3v) is 3.91. The van der Waals surface area contributed by atoms with Crippen molar-refractivity contribution in [2.45, 2.75) is 10.6 Å². The summed E-state index contributed by atoms with van der Waals surface area (Å²) in [4.78, 5) is 1.12. The molecule has 4 heteroatoms. The first kappa shape index (κ1) is 15.4. The molecular weight excluding hydrogens is 285 g/mol. The molecule has 0 saturated carbocycles. The van der Waals surface area contributed by atoms with Crippen LogP contribution in [0.5, 0.6) is 5.75 Å². The standard InChI is InChI=1S/C17H16FNOS/c1-20-16-6-8-17(9-7-16)21-12-14-4-5-15(18)11-13(14)3-2-10-19/h4-9,11H,10,12,19H2,1H3. The van der Waals surface area contributed by atoms with Crippen molar-refractivity contribution < 1.29 is 9.13 Å². The number of thioether (sulfide) groups is 1. The predicted molar refractivity (Wildman–Crippen MR) is 84.9 cm³/mol. The molecule has 2 rings (SSSR count). The Kier molecular flexibility index (Phi) is 5.68. The van der Waals surface area contributed by atoms with Gasteiger partial charge in [0.15, 0.2) is 0 Å². The van der Waals surface area contributed by atoms with E-state index in [1.165, 1.54) is 12.1 Å². The first-order chi connectivity index (χ1) is 10.2. The molecule has 2 nitrogen and oxygen atoms in total. The van der Waals surface area contributed by atoms with Gasteiger partial charge in [0, 0.05) is 16.2 Å². The minimum absolute atomic E-state index is 0.265. The molecular formula is C17H16FNOS. The molecule has 0 aromatic heterocycles. The topological polar surface area (TPSA) is 35.2 Å². The largest absolute Gasteiger partial charge is 0.497 e. The summed E-state index contributed by atoms with van der Waals surface area (Å²) in [5.74, 6) is 6.96. The Hall–Kier alpha value is -1.96. The van der Waals surface area contributed by atoms with Crippen molar-refractivity contribution in [1.82, 2.24) is 0 Å². The number of hydrogen-bond acceptors (Lipinski definition) is 3. The monoisotopic (exact) mass is 301 g/mol. The molecule has 0 radical (unpaired) electrons. The van der Waals surface area contributed by atoms with Gasteiger partial charge in [-0.15, -0.1) is 11.8 Å². The van der Waals surface area contributed by atoms with E-state index >= 15 is 0 Å². The Morgan fingerprint density at radius 1 is 1.19 bits per heavy atom. The lowest BCUT2D eigenvalue weighted by atomic mass is 10.1. The van der Waals surface area contributed by atoms with Gasteiger partial charge in [-0.3, -0.25) is 0 Å². The minimum atomic E-state index is -0.283. The molecule has 0 bridgehead atoms. The van der Waals surface area contributed by atoms with Gasteiger partial charge < -0.3 is 10.5 Å². The van der Waals surface area contributed by atoms with Crippen LogP contribution < -0.4 is 10.5 Å². The maximum absolute atomic E-state index is 13.3. The second kappa shape index (κ2) is 7.72. The van der Waals surface area contributed by atoms with Gasteiger partial charge in [-0.2, -0.15) is 0 Å². The normalized spacial score (nSPS) is 9.86. The van der Waals surface area contributed by atoms with Crippen LogP contribution >= 0.6 is 11.8 Å². The zero-order valence-corrected chi connectivity index (χ0v) is 12.5. The fourth-order valence-corrected chi connectivity index (χ4v) is 2.67. The van der Waals surface area contributed by atoms with E-state index in [9.17, 15) is 4.39 Å². The Morgan fingerprint density at radius 3 is 2.62 bits per heavy atom. The van der Waals surface area contributed by atoms with E-state index in [1.54, 1.807) is 24.9 Å². The predicted octanol–water partition coefficient (Wildman–Crippen LogP) is 3.44. The summed E-state index contributed by atoms with van der Waals surface area (Å²) in [6, 6.07) is 12.5. The molecule has 0 fully saturated rings. The highest BCUT2D eigenvalue weighted by atomic mass is 32.2. The van der Waals surface area contributed by atoms with E-state index in [1.807, 2.05) is 24.3 Å². The molecule has 0 aliphatic heterocycles. The Bertz CT molecular complexity index is 659. The van der Waals surface area contributed by atoms with E-state index < -0.39 is 0 Å². The van der Waals surface area contributed by atoms with Gasteiger partial charge in [0.05, 0.1) is 13.7 Å². The van der Waals surface area contributed by atoms with Crippen LogP contribution in [-0.4, -0.2) is 13.7 Å². The first-order valence-electron chi connectivity index (χ1n) is 6.47. The highest BCUT2D eigenvalue weighted by Crippen LogP contribution is 2.26. The number of benzene rings is 2. The molecule has 0 aliphatic carbocycles. The van der Waals surface area contributed by atoms with E-state index in [2.05, 4.69) is 11.8 Å². The molecule has 108 valence electrons. The molecule has 0 atom stereocenters. The number of ether oxygens (including phenoxy) is 1. The van der Waals surface area contributed by atoms with Crippen molar-refractivity contribution in [3.8, 4) is 17.6 Å². The summed E-state index contributed by atoms with van der Waals surface area (Å²) in [5.41, 5.74) is 7.07. The van der Waals surface area contributed by atoms with Crippen LogP contribution in [0.25, 0.3) is 0 Å². The van der Waals surface area contributed by atoms with Crippen LogP contribution in [0.1, 0.15) is 11.1 Å². The summed E-state index contributed by atoms with van der Waals surface area (Å²) in [6.45, 7) is 0.265. The SMILES string of the molecule is COc1ccc(SCc2ccc(F)cc2C#CCN)cc1. The van der Waals surface area contributed by atoms with Gasteiger partial charge in [-0.25, -0.2) is 4.39 Å². The molecule has 0 saturated heterocycles. The van der Waals surface area contributed by atoms with Crippen molar-refractivity contribution >= 4 is 11.8 Å². The molecule has 0 unspecified atom stereocenters. The van der Waals surface area contributed by atoms with Crippen LogP contribution in [0.4, 0.5) is 4.39 Å². The summed E-state index contributed by atoms with van der Waals surface area (Å²) in [6.07, 6.45) is 0. The quantitative estimate of drug-likeness (QED) is 0.694. The molecule has 2 aromatic carbocycles. The first-order valence-corrected chi connectivity index (χ1v) is 7.45. The highest BCUT2D eigenvalue weighted by molar-refractivity contribution is 7.98.